The Labute approximate surface area is 398 Å². The number of nitrogens with one attached hydrogen (secondary N) is 1. The molecule has 4 aliphatic rings. The molecule has 352 valence electrons. The predicted octanol–water partition coefficient (Wildman–Crippen LogP) is 5.88. The van der Waals surface area contributed by atoms with Crippen molar-refractivity contribution in [2.24, 2.45) is 0 Å². The largest absolute Gasteiger partial charge is 0.457 e. The van der Waals surface area contributed by atoms with Crippen molar-refractivity contribution in [3.8, 4) is 22.8 Å². The highest BCUT2D eigenvalue weighted by molar-refractivity contribution is 7.99. The highest BCUT2D eigenvalue weighted by Gasteiger charge is 2.45. The Morgan fingerprint density at radius 1 is 0.824 bits per heavy atom. The van der Waals surface area contributed by atoms with Crippen LogP contribution in [0.25, 0.3) is 22.3 Å². The van der Waals surface area contributed by atoms with Gasteiger partial charge in [0.2, 0.25) is 23.6 Å². The predicted molar refractivity (Wildman–Crippen MR) is 256 cm³/mol. The Bertz CT molecular complexity index is 2740. The molecule has 6 amide bonds. The Morgan fingerprint density at radius 2 is 1.60 bits per heavy atom. The minimum absolute atomic E-state index is 0.0459. The highest BCUT2D eigenvalue weighted by atomic mass is 32.2. The van der Waals surface area contributed by atoms with Crippen LogP contribution in [0.2, 0.25) is 0 Å². The molecule has 3 fully saturated rings. The van der Waals surface area contributed by atoms with Crippen molar-refractivity contribution in [1.29, 1.82) is 0 Å². The number of para-hydroxylation sites is 1. The second kappa shape index (κ2) is 20.9. The number of likely N-dealkylation sites (tertiary alicyclic amines) is 1. The third-order valence-electron chi connectivity index (χ3n) is 13.0. The number of piperidine rings is 2. The second-order valence-electron chi connectivity index (χ2n) is 17.5. The van der Waals surface area contributed by atoms with Gasteiger partial charge < -0.3 is 20.3 Å². The maximum Gasteiger partial charge on any atom is 0.263 e. The molecule has 68 heavy (non-hydrogen) atoms. The number of ether oxygens (including phenoxy) is 1. The zero-order valence-corrected chi connectivity index (χ0v) is 38.6. The molecule has 0 aliphatic carbocycles. The third-order valence-corrected chi connectivity index (χ3v) is 14.1. The minimum atomic E-state index is -0.992. The number of rotatable bonds is 16. The molecule has 0 radical (unpaired) electrons. The minimum Gasteiger partial charge on any atom is -0.457 e. The molecule has 3 saturated heterocycles. The van der Waals surface area contributed by atoms with Gasteiger partial charge in [-0.1, -0.05) is 43.2 Å². The fourth-order valence-corrected chi connectivity index (χ4v) is 10.5. The van der Waals surface area contributed by atoms with E-state index in [1.165, 1.54) is 18.1 Å². The van der Waals surface area contributed by atoms with Gasteiger partial charge in [0.15, 0.2) is 5.65 Å². The quantitative estimate of drug-likeness (QED) is 0.0514. The van der Waals surface area contributed by atoms with E-state index in [-0.39, 0.29) is 36.3 Å². The number of nitrogens with zero attached hydrogens (tertiary/aromatic N) is 8. The van der Waals surface area contributed by atoms with Gasteiger partial charge >= 0.3 is 0 Å². The maximum absolute atomic E-state index is 13.5. The SMILES string of the molecule is Nc1ncnc2c1c(-c1ccc(Oc3ccccc3)cc1)nn2C1CCCN(C(=O)/C=C/CN2CCN(C(=O)CCCCCCSc3cccc4c3C(=O)N(C3CCC(=O)NC3=O)C4=O)CC2)C1. The molecule has 6 heterocycles. The lowest BCUT2D eigenvalue weighted by Gasteiger charge is -2.34. The molecule has 3 aromatic carbocycles. The molecule has 3 N–H and O–H groups in total. The lowest BCUT2D eigenvalue weighted by molar-refractivity contribution is -0.136. The van der Waals surface area contributed by atoms with Crippen LogP contribution in [0.5, 0.6) is 11.5 Å². The van der Waals surface area contributed by atoms with Crippen LogP contribution in [0.1, 0.15) is 84.5 Å². The van der Waals surface area contributed by atoms with Gasteiger partial charge in [0.25, 0.3) is 11.8 Å². The summed E-state index contributed by atoms with van der Waals surface area (Å²) < 4.78 is 7.89. The molecule has 0 spiro atoms. The summed E-state index contributed by atoms with van der Waals surface area (Å²) in [5.74, 6) is 0.611. The van der Waals surface area contributed by atoms with Gasteiger partial charge in [0, 0.05) is 75.2 Å². The average molecular weight is 939 g/mol. The second-order valence-corrected chi connectivity index (χ2v) is 18.6. The third kappa shape index (κ3) is 10.2. The number of carbonyl (C=O) groups excluding carboxylic acids is 6. The number of benzene rings is 3. The lowest BCUT2D eigenvalue weighted by Crippen LogP contribution is -2.54. The number of piperazine rings is 1. The smallest absolute Gasteiger partial charge is 0.263 e. The lowest BCUT2D eigenvalue weighted by atomic mass is 10.0. The van der Waals surface area contributed by atoms with Crippen molar-refractivity contribution in [2.75, 3.05) is 57.3 Å². The van der Waals surface area contributed by atoms with E-state index in [2.05, 4.69) is 20.2 Å². The number of thioether (sulfide) groups is 1. The first-order valence-corrected chi connectivity index (χ1v) is 24.4. The molecular formula is C50H54N10O7S. The summed E-state index contributed by atoms with van der Waals surface area (Å²) in [7, 11) is 0. The topological polar surface area (TPSA) is 206 Å². The Balaban J connectivity index is 0.687. The van der Waals surface area contributed by atoms with Gasteiger partial charge in [-0.3, -0.25) is 43.9 Å². The van der Waals surface area contributed by atoms with E-state index in [9.17, 15) is 28.8 Å². The Hall–Kier alpha value is -6.92. The number of unbranched alkanes of at least 4 members (excludes halogenated alkanes) is 3. The number of amides is 6. The number of aromatic nitrogens is 4. The van der Waals surface area contributed by atoms with Crippen LogP contribution in [0.15, 0.2) is 96.2 Å². The monoisotopic (exact) mass is 938 g/mol. The standard InChI is InChI=1S/C50H54N10O7S/c51-46-44-45(33-18-20-36(21-19-33)67-35-12-4-3-5-13-35)55-60(47(44)53-32-52-46)34-11-9-25-58(31-34)42(63)17-10-24-56-26-28-57(29-27-56)41(62)16-6-1-2-7-30-68-39-15-8-14-37-43(39)50(66)59(49(37)65)38-22-23-40(61)54-48(38)64/h3-5,8,10,12-15,17-21,32,34,38H,1-2,6-7,9,11,16,22-31H2,(H2,51,52,53)(H,54,61,64)/b17-10+. The molecule has 4 aliphatic heterocycles. The van der Waals surface area contributed by atoms with Gasteiger partial charge in [-0.15, -0.1) is 11.8 Å². The van der Waals surface area contributed by atoms with Gasteiger partial charge in [0.1, 0.15) is 35.4 Å². The first kappa shape index (κ1) is 46.2. The number of fused-ring (bicyclic) bond motifs is 2. The van der Waals surface area contributed by atoms with E-state index in [0.717, 1.165) is 73.6 Å². The van der Waals surface area contributed by atoms with Crippen molar-refractivity contribution < 1.29 is 33.5 Å². The normalized spacial score (nSPS) is 19.0. The van der Waals surface area contributed by atoms with Gasteiger partial charge in [-0.05, 0) is 86.4 Å². The van der Waals surface area contributed by atoms with E-state index in [4.69, 9.17) is 15.6 Å². The number of carbonyl (C=O) groups is 6. The van der Waals surface area contributed by atoms with Crippen LogP contribution in [-0.4, -0.2) is 132 Å². The maximum atomic E-state index is 13.5. The molecule has 2 aromatic heterocycles. The van der Waals surface area contributed by atoms with E-state index >= 15 is 0 Å². The molecule has 0 bridgehead atoms. The van der Waals surface area contributed by atoms with E-state index < -0.39 is 29.7 Å². The summed E-state index contributed by atoms with van der Waals surface area (Å²) in [5, 5.41) is 7.94. The summed E-state index contributed by atoms with van der Waals surface area (Å²) in [6.45, 7) is 4.53. The van der Waals surface area contributed by atoms with Crippen LogP contribution in [-0.2, 0) is 19.2 Å². The van der Waals surface area contributed by atoms with Crippen molar-refractivity contribution in [1.82, 2.24) is 44.7 Å². The van der Waals surface area contributed by atoms with E-state index in [1.54, 1.807) is 18.2 Å². The Morgan fingerprint density at radius 3 is 2.40 bits per heavy atom. The summed E-state index contributed by atoms with van der Waals surface area (Å²) in [5.41, 5.74) is 9.19. The molecule has 17 nitrogen and oxygen atoms in total. The molecular weight excluding hydrogens is 885 g/mol. The van der Waals surface area contributed by atoms with E-state index in [1.807, 2.05) is 81.2 Å². The number of nitrogens with two attached hydrogens (primary N) is 1. The summed E-state index contributed by atoms with van der Waals surface area (Å²) in [6.07, 6.45) is 10.9. The van der Waals surface area contributed by atoms with Gasteiger partial charge in [-0.2, -0.15) is 5.10 Å². The first-order chi connectivity index (χ1) is 33.1. The molecule has 18 heteroatoms. The number of nitrogen functional groups attached to an aromatic ring is 1. The number of imide groups is 2. The van der Waals surface area contributed by atoms with E-state index in [0.29, 0.717) is 77.9 Å². The van der Waals surface area contributed by atoms with Crippen molar-refractivity contribution in [3.05, 3.63) is 102 Å². The fourth-order valence-electron chi connectivity index (χ4n) is 9.38. The van der Waals surface area contributed by atoms with Crippen LogP contribution < -0.4 is 15.8 Å². The first-order valence-electron chi connectivity index (χ1n) is 23.4. The molecule has 9 rings (SSSR count). The van der Waals surface area contributed by atoms with Crippen LogP contribution in [0, 0.1) is 0 Å². The Kier molecular flexibility index (Phi) is 14.2. The van der Waals surface area contributed by atoms with Crippen LogP contribution >= 0.6 is 11.8 Å². The van der Waals surface area contributed by atoms with Crippen LogP contribution in [0.4, 0.5) is 5.82 Å². The summed E-state index contributed by atoms with van der Waals surface area (Å²) >= 11 is 1.51. The zero-order chi connectivity index (χ0) is 47.1. The van der Waals surface area contributed by atoms with Crippen LogP contribution in [0.3, 0.4) is 0 Å². The van der Waals surface area contributed by atoms with Crippen molar-refractivity contribution in [3.63, 3.8) is 0 Å². The molecule has 0 saturated carbocycles. The molecule has 2 atom stereocenters. The molecule has 5 aromatic rings. The zero-order valence-electron chi connectivity index (χ0n) is 37.8. The van der Waals surface area contributed by atoms with Gasteiger partial charge in [-0.25, -0.2) is 14.6 Å². The number of anilines is 1. The fraction of sp³-hybridized carbons (Fsp3) is 0.380. The van der Waals surface area contributed by atoms with Crippen molar-refractivity contribution in [2.45, 2.75) is 74.8 Å². The average Bonchev–Trinajstić information content (AvgIpc) is 3.87. The highest BCUT2D eigenvalue weighted by Crippen LogP contribution is 2.37. The number of hydrogen-bond donors (Lipinski definition) is 2. The summed E-state index contributed by atoms with van der Waals surface area (Å²) in [6, 6.07) is 21.4. The number of hydrogen-bond acceptors (Lipinski definition) is 13. The summed E-state index contributed by atoms with van der Waals surface area (Å²) in [4.78, 5) is 93.8. The van der Waals surface area contributed by atoms with Gasteiger partial charge in [0.05, 0.1) is 22.6 Å². The van der Waals surface area contributed by atoms with Crippen molar-refractivity contribution >= 4 is 64.1 Å². The molecule has 2 unspecified atom stereocenters.